The molecule has 2 rings (SSSR count). The van der Waals surface area contributed by atoms with E-state index in [-0.39, 0.29) is 12.2 Å². The Labute approximate surface area is 128 Å². The zero-order valence-electron chi connectivity index (χ0n) is 11.2. The molecule has 2 aromatic rings. The van der Waals surface area contributed by atoms with Crippen LogP contribution in [-0.4, -0.2) is 39.1 Å². The average Bonchev–Trinajstić information content (AvgIpc) is 2.83. The van der Waals surface area contributed by atoms with E-state index < -0.39 is 11.9 Å². The van der Waals surface area contributed by atoms with E-state index in [0.717, 1.165) is 0 Å². The molecule has 9 heteroatoms. The first-order valence-corrected chi connectivity index (χ1v) is 7.45. The number of hydrogen-bond donors (Lipinski definition) is 1. The van der Waals surface area contributed by atoms with Gasteiger partial charge in [0.1, 0.15) is 5.03 Å². The van der Waals surface area contributed by atoms with Gasteiger partial charge in [-0.15, -0.1) is 11.3 Å². The molecule has 0 aliphatic heterocycles. The van der Waals surface area contributed by atoms with Gasteiger partial charge in [0.25, 0.3) is 0 Å². The molecule has 0 aromatic carbocycles. The maximum Gasteiger partial charge on any atom is 0.376 e. The van der Waals surface area contributed by atoms with Crippen molar-refractivity contribution in [3.8, 4) is 0 Å². The molecule has 0 aliphatic carbocycles. The Morgan fingerprint density at radius 3 is 2.81 bits per heavy atom. The maximum atomic E-state index is 11.5. The third-order valence-electron chi connectivity index (χ3n) is 2.25. The summed E-state index contributed by atoms with van der Waals surface area (Å²) in [6.45, 7) is 1.75. The SMILES string of the molecule is COC(=O)c1nc(C)cc(Sc2nc(CC(=O)O)cs2)n1. The van der Waals surface area contributed by atoms with E-state index in [2.05, 4.69) is 19.7 Å². The molecule has 0 spiro atoms. The van der Waals surface area contributed by atoms with Gasteiger partial charge in [-0.3, -0.25) is 4.79 Å². The summed E-state index contributed by atoms with van der Waals surface area (Å²) >= 11 is 2.57. The zero-order valence-corrected chi connectivity index (χ0v) is 12.8. The second kappa shape index (κ2) is 6.64. The highest BCUT2D eigenvalue weighted by molar-refractivity contribution is 8.01. The van der Waals surface area contributed by atoms with Crippen LogP contribution in [-0.2, 0) is 16.0 Å². The van der Waals surface area contributed by atoms with Gasteiger partial charge >= 0.3 is 11.9 Å². The molecule has 0 aliphatic rings. The number of carbonyl (C=O) groups is 2. The first kappa shape index (κ1) is 15.4. The molecular weight excluding hydrogens is 314 g/mol. The first-order chi connectivity index (χ1) is 9.97. The minimum Gasteiger partial charge on any atom is -0.481 e. The van der Waals surface area contributed by atoms with Crippen LogP contribution in [0.5, 0.6) is 0 Å². The lowest BCUT2D eigenvalue weighted by Gasteiger charge is -2.02. The van der Waals surface area contributed by atoms with Gasteiger partial charge in [-0.05, 0) is 24.8 Å². The van der Waals surface area contributed by atoms with Crippen LogP contribution in [0.3, 0.4) is 0 Å². The highest BCUT2D eigenvalue weighted by atomic mass is 32.2. The monoisotopic (exact) mass is 325 g/mol. The van der Waals surface area contributed by atoms with Crippen molar-refractivity contribution >= 4 is 35.0 Å². The number of aromatic nitrogens is 3. The lowest BCUT2D eigenvalue weighted by molar-refractivity contribution is -0.136. The van der Waals surface area contributed by atoms with Gasteiger partial charge < -0.3 is 9.84 Å². The number of carbonyl (C=O) groups excluding carboxylic acids is 1. The standard InChI is InChI=1S/C12H11N3O4S2/c1-6-3-8(15-10(13-6)11(18)19-2)21-12-14-7(5-20-12)4-9(16)17/h3,5H,4H2,1-2H3,(H,16,17). The topological polar surface area (TPSA) is 102 Å². The fourth-order valence-corrected chi connectivity index (χ4v) is 3.27. The Hall–Kier alpha value is -2.00. The summed E-state index contributed by atoms with van der Waals surface area (Å²) in [5.41, 5.74) is 1.13. The smallest absolute Gasteiger partial charge is 0.376 e. The molecule has 21 heavy (non-hydrogen) atoms. The van der Waals surface area contributed by atoms with Crippen LogP contribution in [0.2, 0.25) is 0 Å². The van der Waals surface area contributed by atoms with E-state index in [1.54, 1.807) is 18.4 Å². The van der Waals surface area contributed by atoms with Gasteiger partial charge in [0.15, 0.2) is 4.34 Å². The molecule has 110 valence electrons. The highest BCUT2D eigenvalue weighted by Crippen LogP contribution is 2.29. The fraction of sp³-hybridized carbons (Fsp3) is 0.250. The average molecular weight is 325 g/mol. The first-order valence-electron chi connectivity index (χ1n) is 5.76. The lowest BCUT2D eigenvalue weighted by Crippen LogP contribution is -2.08. The van der Waals surface area contributed by atoms with Crippen molar-refractivity contribution in [1.29, 1.82) is 0 Å². The predicted octanol–water partition coefficient (Wildman–Crippen LogP) is 1.81. The van der Waals surface area contributed by atoms with Gasteiger partial charge in [-0.2, -0.15) is 0 Å². The Kier molecular flexibility index (Phi) is 4.86. The van der Waals surface area contributed by atoms with Crippen LogP contribution in [0.4, 0.5) is 0 Å². The molecular formula is C12H11N3O4S2. The summed E-state index contributed by atoms with van der Waals surface area (Å²) in [5, 5.41) is 11.0. The number of esters is 1. The Balaban J connectivity index is 2.19. The number of carboxylic acids is 1. The van der Waals surface area contributed by atoms with E-state index in [9.17, 15) is 9.59 Å². The second-order valence-electron chi connectivity index (χ2n) is 3.94. The van der Waals surface area contributed by atoms with Gasteiger partial charge in [0.2, 0.25) is 5.82 Å². The number of rotatable bonds is 5. The Bertz CT molecular complexity index is 687. The van der Waals surface area contributed by atoms with Crippen molar-refractivity contribution in [1.82, 2.24) is 15.0 Å². The molecule has 0 atom stereocenters. The summed E-state index contributed by atoms with van der Waals surface area (Å²) in [5.74, 6) is -1.55. The molecule has 0 unspecified atom stereocenters. The number of aliphatic carboxylic acids is 1. The van der Waals surface area contributed by atoms with Crippen molar-refractivity contribution in [2.45, 2.75) is 22.7 Å². The summed E-state index contributed by atoms with van der Waals surface area (Å²) in [6.07, 6.45) is -0.118. The molecule has 0 saturated carbocycles. The fourth-order valence-electron chi connectivity index (χ4n) is 1.44. The van der Waals surface area contributed by atoms with Crippen LogP contribution in [0.25, 0.3) is 0 Å². The van der Waals surface area contributed by atoms with Crippen molar-refractivity contribution < 1.29 is 19.4 Å². The molecule has 2 aromatic heterocycles. The number of hydrogen-bond acceptors (Lipinski definition) is 8. The third-order valence-corrected chi connectivity index (χ3v) is 4.16. The highest BCUT2D eigenvalue weighted by Gasteiger charge is 2.14. The van der Waals surface area contributed by atoms with Crippen molar-refractivity contribution in [2.24, 2.45) is 0 Å². The Morgan fingerprint density at radius 2 is 2.14 bits per heavy atom. The van der Waals surface area contributed by atoms with Crippen LogP contribution >= 0.6 is 23.1 Å². The van der Waals surface area contributed by atoms with E-state index in [1.165, 1.54) is 30.2 Å². The van der Waals surface area contributed by atoms with E-state index in [0.29, 0.717) is 20.8 Å². The van der Waals surface area contributed by atoms with Crippen LogP contribution in [0, 0.1) is 6.92 Å². The summed E-state index contributed by atoms with van der Waals surface area (Å²) < 4.78 is 5.25. The number of aryl methyl sites for hydroxylation is 1. The second-order valence-corrected chi connectivity index (χ2v) is 6.07. The number of carboxylic acid groups (broad SMARTS) is 1. The predicted molar refractivity (Wildman–Crippen MR) is 75.7 cm³/mol. The largest absolute Gasteiger partial charge is 0.481 e. The van der Waals surface area contributed by atoms with Crippen LogP contribution in [0.15, 0.2) is 20.8 Å². The van der Waals surface area contributed by atoms with Crippen molar-refractivity contribution in [2.75, 3.05) is 7.11 Å². The zero-order chi connectivity index (χ0) is 15.4. The van der Waals surface area contributed by atoms with Crippen LogP contribution in [0.1, 0.15) is 22.0 Å². The number of ether oxygens (including phenoxy) is 1. The quantitative estimate of drug-likeness (QED) is 0.656. The Morgan fingerprint density at radius 1 is 1.38 bits per heavy atom. The van der Waals surface area contributed by atoms with Crippen molar-refractivity contribution in [3.05, 3.63) is 28.7 Å². The third kappa shape index (κ3) is 4.23. The summed E-state index contributed by atoms with van der Waals surface area (Å²) in [7, 11) is 1.26. The molecule has 0 bridgehead atoms. The summed E-state index contributed by atoms with van der Waals surface area (Å²) in [4.78, 5) is 34.4. The van der Waals surface area contributed by atoms with E-state index in [1.807, 2.05) is 0 Å². The number of thiazole rings is 1. The summed E-state index contributed by atoms with van der Waals surface area (Å²) in [6, 6.07) is 1.72. The minimum atomic E-state index is -0.928. The normalized spacial score (nSPS) is 10.4. The number of nitrogens with zero attached hydrogens (tertiary/aromatic N) is 3. The molecule has 0 fully saturated rings. The van der Waals surface area contributed by atoms with E-state index in [4.69, 9.17) is 5.11 Å². The minimum absolute atomic E-state index is 0.0117. The maximum absolute atomic E-state index is 11.5. The van der Waals surface area contributed by atoms with Gasteiger partial charge in [-0.1, -0.05) is 0 Å². The molecule has 7 nitrogen and oxygen atoms in total. The van der Waals surface area contributed by atoms with E-state index >= 15 is 0 Å². The lowest BCUT2D eigenvalue weighted by atomic mass is 10.3. The van der Waals surface area contributed by atoms with Crippen LogP contribution < -0.4 is 0 Å². The molecule has 0 amide bonds. The van der Waals surface area contributed by atoms with Crippen molar-refractivity contribution in [3.63, 3.8) is 0 Å². The van der Waals surface area contributed by atoms with Gasteiger partial charge in [0.05, 0.1) is 19.2 Å². The molecule has 2 heterocycles. The van der Waals surface area contributed by atoms with Gasteiger partial charge in [0, 0.05) is 11.1 Å². The molecule has 0 radical (unpaired) electrons. The van der Waals surface area contributed by atoms with Gasteiger partial charge in [-0.25, -0.2) is 19.7 Å². The molecule has 0 saturated heterocycles. The number of methoxy groups -OCH3 is 1. The molecule has 1 N–H and O–H groups in total.